The van der Waals surface area contributed by atoms with Gasteiger partial charge in [-0.1, -0.05) is 6.92 Å². The number of carbonyl (C=O) groups excluding carboxylic acids is 1. The topological polar surface area (TPSA) is 92.9 Å². The quantitative estimate of drug-likeness (QED) is 0.670. The van der Waals surface area contributed by atoms with Gasteiger partial charge in [0.15, 0.2) is 9.84 Å². The second-order valence-electron chi connectivity index (χ2n) is 9.33. The fourth-order valence-electron chi connectivity index (χ4n) is 6.11. The number of sulfone groups is 1. The number of piperidine rings is 2. The highest BCUT2D eigenvalue weighted by molar-refractivity contribution is 7.91. The van der Waals surface area contributed by atoms with E-state index in [1.54, 1.807) is 12.1 Å². The number of nitrogens with zero attached hydrogens (tertiary/aromatic N) is 2. The molecule has 3 unspecified atom stereocenters. The lowest BCUT2D eigenvalue weighted by atomic mass is 9.57. The first-order valence-electron chi connectivity index (χ1n) is 11.7. The molecule has 1 saturated carbocycles. The number of likely N-dealkylation sites (tertiary alicyclic amines) is 1. The zero-order valence-electron chi connectivity index (χ0n) is 19.1. The van der Waals surface area contributed by atoms with E-state index in [2.05, 4.69) is 24.0 Å². The molecule has 0 radical (unpaired) electrons. The molecule has 4 bridgehead atoms. The molecule has 3 aliphatic heterocycles. The molecule has 4 fully saturated rings. The number of amides is 1. The lowest BCUT2D eigenvalue weighted by Crippen LogP contribution is -2.66. The number of fused-ring (bicyclic) bond motifs is 1. The molecular weight excluding hydrogens is 438 g/mol. The van der Waals surface area contributed by atoms with Gasteiger partial charge in [0.25, 0.3) is 5.91 Å². The molecule has 8 heteroatoms. The molecule has 2 N–H and O–H groups in total. The zero-order chi connectivity index (χ0) is 23.3. The summed E-state index contributed by atoms with van der Waals surface area (Å²) in [5.41, 5.74) is 7.12. The van der Waals surface area contributed by atoms with Gasteiger partial charge in [-0.3, -0.25) is 4.79 Å². The van der Waals surface area contributed by atoms with Crippen LogP contribution in [0.1, 0.15) is 24.2 Å². The van der Waals surface area contributed by atoms with Crippen LogP contribution in [0.15, 0.2) is 53.4 Å². The van der Waals surface area contributed by atoms with Gasteiger partial charge in [0.2, 0.25) is 0 Å². The minimum Gasteiger partial charge on any atom is -0.494 e. The SMILES string of the molecule is CCOc1ccc(N2C[C@@H]3C(C)C4C3N(C(=O)c3ccc(S(=O)(=O)CCN)cc3)C[C@H]42)cc1. The first kappa shape index (κ1) is 22.2. The highest BCUT2D eigenvalue weighted by Crippen LogP contribution is 2.56. The van der Waals surface area contributed by atoms with Gasteiger partial charge in [0.1, 0.15) is 5.75 Å². The molecule has 5 atom stereocenters. The lowest BCUT2D eigenvalue weighted by molar-refractivity contribution is -0.0169. The van der Waals surface area contributed by atoms with Gasteiger partial charge in [-0.2, -0.15) is 0 Å². The minimum atomic E-state index is -3.41. The summed E-state index contributed by atoms with van der Waals surface area (Å²) >= 11 is 0. The Balaban J connectivity index is 1.35. The molecule has 7 nitrogen and oxygen atoms in total. The summed E-state index contributed by atoms with van der Waals surface area (Å²) in [6, 6.07) is 15.1. The third-order valence-electron chi connectivity index (χ3n) is 7.70. The maximum atomic E-state index is 13.4. The van der Waals surface area contributed by atoms with Crippen molar-refractivity contribution >= 4 is 21.4 Å². The summed E-state index contributed by atoms with van der Waals surface area (Å²) in [6.45, 7) is 6.64. The summed E-state index contributed by atoms with van der Waals surface area (Å²) in [5.74, 6) is 2.26. The summed E-state index contributed by atoms with van der Waals surface area (Å²) in [7, 11) is -3.41. The van der Waals surface area contributed by atoms with Gasteiger partial charge in [-0.25, -0.2) is 8.42 Å². The first-order chi connectivity index (χ1) is 15.9. The lowest BCUT2D eigenvalue weighted by Gasteiger charge is -2.58. The predicted octanol–water partition coefficient (Wildman–Crippen LogP) is 2.41. The molecule has 33 heavy (non-hydrogen) atoms. The van der Waals surface area contributed by atoms with Gasteiger partial charge in [-0.05, 0) is 61.4 Å². The molecule has 3 heterocycles. The van der Waals surface area contributed by atoms with Crippen LogP contribution in [0.2, 0.25) is 0 Å². The predicted molar refractivity (Wildman–Crippen MR) is 127 cm³/mol. The number of anilines is 1. The number of rotatable bonds is 7. The molecule has 4 aliphatic rings. The maximum Gasteiger partial charge on any atom is 0.254 e. The summed E-state index contributed by atoms with van der Waals surface area (Å²) in [5, 5.41) is 0. The van der Waals surface area contributed by atoms with Crippen LogP contribution < -0.4 is 15.4 Å². The smallest absolute Gasteiger partial charge is 0.254 e. The zero-order valence-corrected chi connectivity index (χ0v) is 19.9. The Morgan fingerprint density at radius 3 is 2.42 bits per heavy atom. The van der Waals surface area contributed by atoms with Crippen LogP contribution in [0.3, 0.4) is 0 Å². The van der Waals surface area contributed by atoms with Crippen LogP contribution in [0, 0.1) is 17.8 Å². The third-order valence-corrected chi connectivity index (χ3v) is 9.46. The van der Waals surface area contributed by atoms with E-state index in [-0.39, 0.29) is 29.1 Å². The molecule has 176 valence electrons. The van der Waals surface area contributed by atoms with Crippen LogP contribution in [-0.4, -0.2) is 63.3 Å². The molecule has 0 aromatic heterocycles. The average molecular weight is 470 g/mol. The van der Waals surface area contributed by atoms with Crippen LogP contribution >= 0.6 is 0 Å². The largest absolute Gasteiger partial charge is 0.494 e. The molecule has 2 aromatic rings. The van der Waals surface area contributed by atoms with Gasteiger partial charge in [-0.15, -0.1) is 0 Å². The Morgan fingerprint density at radius 1 is 1.09 bits per heavy atom. The van der Waals surface area contributed by atoms with Crippen molar-refractivity contribution in [3.05, 3.63) is 54.1 Å². The van der Waals surface area contributed by atoms with Crippen molar-refractivity contribution < 1.29 is 17.9 Å². The highest BCUT2D eigenvalue weighted by atomic mass is 32.2. The van der Waals surface area contributed by atoms with E-state index in [1.165, 1.54) is 17.8 Å². The molecule has 3 saturated heterocycles. The first-order valence-corrected chi connectivity index (χ1v) is 13.3. The Labute approximate surface area is 195 Å². The van der Waals surface area contributed by atoms with Gasteiger partial charge in [0.05, 0.1) is 23.3 Å². The average Bonchev–Trinajstić information content (AvgIpc) is 3.08. The molecular formula is C25H31N3O4S. The van der Waals surface area contributed by atoms with Crippen molar-refractivity contribution in [3.63, 3.8) is 0 Å². The van der Waals surface area contributed by atoms with Crippen molar-refractivity contribution in [1.29, 1.82) is 0 Å². The van der Waals surface area contributed by atoms with E-state index >= 15 is 0 Å². The standard InChI is InChI=1S/C25H31N3O4S/c1-3-32-19-8-6-18(7-9-19)27-14-21-16(2)23-22(27)15-28(24(21)23)25(29)17-4-10-20(11-5-17)33(30,31)13-12-26/h4-11,16,21-24H,3,12-15,26H2,1-2H3/t16?,21-,22-,23?,24?/m1/s1. The minimum absolute atomic E-state index is 0.0132. The van der Waals surface area contributed by atoms with Crippen LogP contribution in [0.5, 0.6) is 5.75 Å². The van der Waals surface area contributed by atoms with Crippen molar-refractivity contribution in [1.82, 2.24) is 4.90 Å². The van der Waals surface area contributed by atoms with Crippen molar-refractivity contribution in [3.8, 4) is 5.75 Å². The van der Waals surface area contributed by atoms with Gasteiger partial charge in [0, 0.05) is 48.8 Å². The number of benzene rings is 2. The fraction of sp³-hybridized carbons (Fsp3) is 0.480. The van der Waals surface area contributed by atoms with E-state index in [0.29, 0.717) is 42.5 Å². The second-order valence-corrected chi connectivity index (χ2v) is 11.4. The van der Waals surface area contributed by atoms with E-state index in [0.717, 1.165) is 12.3 Å². The number of ether oxygens (including phenoxy) is 1. The van der Waals surface area contributed by atoms with Crippen molar-refractivity contribution in [2.24, 2.45) is 23.5 Å². The van der Waals surface area contributed by atoms with E-state index in [1.807, 2.05) is 24.0 Å². The summed E-state index contributed by atoms with van der Waals surface area (Å²) < 4.78 is 30.1. The molecule has 6 rings (SSSR count). The van der Waals surface area contributed by atoms with E-state index in [9.17, 15) is 13.2 Å². The highest BCUT2D eigenvalue weighted by Gasteiger charge is 2.64. The normalized spacial score (nSPS) is 27.9. The number of hydrogen-bond acceptors (Lipinski definition) is 6. The van der Waals surface area contributed by atoms with Crippen LogP contribution in [-0.2, 0) is 9.84 Å². The van der Waals surface area contributed by atoms with E-state index in [4.69, 9.17) is 10.5 Å². The Morgan fingerprint density at radius 2 is 1.79 bits per heavy atom. The van der Waals surface area contributed by atoms with Crippen LogP contribution in [0.4, 0.5) is 5.69 Å². The molecule has 0 spiro atoms. The second kappa shape index (κ2) is 8.33. The van der Waals surface area contributed by atoms with Crippen molar-refractivity contribution in [2.75, 3.05) is 36.9 Å². The number of carbonyl (C=O) groups is 1. The monoisotopic (exact) mass is 469 g/mol. The van der Waals surface area contributed by atoms with Gasteiger partial charge < -0.3 is 20.3 Å². The van der Waals surface area contributed by atoms with Gasteiger partial charge >= 0.3 is 0 Å². The van der Waals surface area contributed by atoms with Crippen LogP contribution in [0.25, 0.3) is 0 Å². The summed E-state index contributed by atoms with van der Waals surface area (Å²) in [4.78, 5) is 18.1. The molecule has 1 amide bonds. The van der Waals surface area contributed by atoms with Crippen molar-refractivity contribution in [2.45, 2.75) is 30.8 Å². The molecule has 1 aliphatic carbocycles. The Bertz CT molecular complexity index is 1130. The molecule has 2 aromatic carbocycles. The number of hydrogen-bond donors (Lipinski definition) is 1. The fourth-order valence-corrected chi connectivity index (χ4v) is 7.21. The van der Waals surface area contributed by atoms with E-state index < -0.39 is 9.84 Å². The third kappa shape index (κ3) is 3.60. The maximum absolute atomic E-state index is 13.4. The number of nitrogens with two attached hydrogens (primary N) is 1. The Kier molecular flexibility index (Phi) is 5.61. The Hall–Kier alpha value is -2.58. The summed E-state index contributed by atoms with van der Waals surface area (Å²) in [6.07, 6.45) is 0.